The molecule has 1 aromatic heterocycles. The summed E-state index contributed by atoms with van der Waals surface area (Å²) in [6.45, 7) is 0.147. The fraction of sp³-hybridized carbons (Fsp3) is 0.200. The number of nitrogens with one attached hydrogen (secondary N) is 1. The SMILES string of the molecule is O=S(=O)(C=Cc1ccccc1)NCCC(O)c1ccoc1. The van der Waals surface area contributed by atoms with Crippen LogP contribution in [-0.2, 0) is 10.0 Å². The second-order valence-electron chi connectivity index (χ2n) is 4.51. The van der Waals surface area contributed by atoms with Gasteiger partial charge in [0, 0.05) is 17.5 Å². The first-order valence-corrected chi connectivity index (χ1v) is 8.04. The van der Waals surface area contributed by atoms with E-state index in [4.69, 9.17) is 4.42 Å². The zero-order valence-corrected chi connectivity index (χ0v) is 12.2. The van der Waals surface area contributed by atoms with E-state index in [2.05, 4.69) is 4.72 Å². The highest BCUT2D eigenvalue weighted by molar-refractivity contribution is 7.92. The fourth-order valence-electron chi connectivity index (χ4n) is 1.75. The van der Waals surface area contributed by atoms with E-state index in [0.29, 0.717) is 5.56 Å². The zero-order valence-electron chi connectivity index (χ0n) is 11.3. The summed E-state index contributed by atoms with van der Waals surface area (Å²) in [5.41, 5.74) is 1.44. The van der Waals surface area contributed by atoms with Crippen LogP contribution in [0.15, 0.2) is 58.7 Å². The molecule has 0 radical (unpaired) electrons. The van der Waals surface area contributed by atoms with Gasteiger partial charge in [-0.1, -0.05) is 30.3 Å². The fourth-order valence-corrected chi connectivity index (χ4v) is 2.58. The summed E-state index contributed by atoms with van der Waals surface area (Å²) < 4.78 is 30.8. The molecule has 0 amide bonds. The van der Waals surface area contributed by atoms with Gasteiger partial charge in [0.15, 0.2) is 0 Å². The first-order chi connectivity index (χ1) is 10.1. The Morgan fingerprint density at radius 3 is 2.67 bits per heavy atom. The monoisotopic (exact) mass is 307 g/mol. The van der Waals surface area contributed by atoms with E-state index in [-0.39, 0.29) is 13.0 Å². The summed E-state index contributed by atoms with van der Waals surface area (Å²) in [4.78, 5) is 0. The molecule has 0 saturated heterocycles. The summed E-state index contributed by atoms with van der Waals surface area (Å²) in [6, 6.07) is 10.8. The smallest absolute Gasteiger partial charge is 0.233 e. The predicted octanol–water partition coefficient (Wildman–Crippen LogP) is 2.29. The van der Waals surface area contributed by atoms with Crippen molar-refractivity contribution >= 4 is 16.1 Å². The first-order valence-electron chi connectivity index (χ1n) is 6.50. The van der Waals surface area contributed by atoms with Crippen molar-refractivity contribution < 1.29 is 17.9 Å². The van der Waals surface area contributed by atoms with Gasteiger partial charge >= 0.3 is 0 Å². The van der Waals surface area contributed by atoms with Gasteiger partial charge in [-0.2, -0.15) is 0 Å². The Hall–Kier alpha value is -1.89. The average molecular weight is 307 g/mol. The first kappa shape index (κ1) is 15.5. The van der Waals surface area contributed by atoms with Gasteiger partial charge in [0.05, 0.1) is 18.6 Å². The lowest BCUT2D eigenvalue weighted by molar-refractivity contribution is 0.168. The van der Waals surface area contributed by atoms with Crippen molar-refractivity contribution in [1.82, 2.24) is 4.72 Å². The van der Waals surface area contributed by atoms with Crippen LogP contribution in [0.1, 0.15) is 23.7 Å². The van der Waals surface area contributed by atoms with Crippen molar-refractivity contribution in [2.24, 2.45) is 0 Å². The van der Waals surface area contributed by atoms with E-state index in [1.807, 2.05) is 30.3 Å². The van der Waals surface area contributed by atoms with Crippen LogP contribution < -0.4 is 4.72 Å². The Bertz CT molecular complexity index is 663. The van der Waals surface area contributed by atoms with Gasteiger partial charge < -0.3 is 9.52 Å². The van der Waals surface area contributed by atoms with Gasteiger partial charge in [-0.05, 0) is 24.1 Å². The summed E-state index contributed by atoms with van der Waals surface area (Å²) in [6.07, 6.45) is 3.96. The Morgan fingerprint density at radius 1 is 1.24 bits per heavy atom. The Balaban J connectivity index is 1.83. The second kappa shape index (κ2) is 7.21. The Kier molecular flexibility index (Phi) is 5.32. The molecule has 21 heavy (non-hydrogen) atoms. The molecule has 2 rings (SSSR count). The molecule has 112 valence electrons. The van der Waals surface area contributed by atoms with Crippen molar-refractivity contribution in [3.05, 3.63) is 65.5 Å². The number of hydrogen-bond acceptors (Lipinski definition) is 4. The lowest BCUT2D eigenvalue weighted by Crippen LogP contribution is -2.23. The molecular formula is C15H17NO4S. The molecule has 0 saturated carbocycles. The molecule has 1 heterocycles. The van der Waals surface area contributed by atoms with E-state index < -0.39 is 16.1 Å². The van der Waals surface area contributed by atoms with Gasteiger partial charge in [0.1, 0.15) is 0 Å². The molecule has 1 unspecified atom stereocenters. The molecule has 2 aromatic rings. The molecule has 0 aliphatic rings. The van der Waals surface area contributed by atoms with E-state index in [1.165, 1.54) is 18.6 Å². The van der Waals surface area contributed by atoms with Gasteiger partial charge in [-0.3, -0.25) is 0 Å². The number of hydrogen-bond donors (Lipinski definition) is 2. The standard InChI is InChI=1S/C15H17NO4S/c17-15(14-7-10-20-12-14)6-9-16-21(18,19)11-8-13-4-2-1-3-5-13/h1-5,7-8,10-12,15-17H,6,9H2. The van der Waals surface area contributed by atoms with Crippen LogP contribution in [0.4, 0.5) is 0 Å². The largest absolute Gasteiger partial charge is 0.472 e. The van der Waals surface area contributed by atoms with Crippen LogP contribution >= 0.6 is 0 Å². The maximum absolute atomic E-state index is 11.8. The Labute approximate surface area is 124 Å². The molecule has 1 atom stereocenters. The van der Waals surface area contributed by atoms with Crippen LogP contribution in [0.25, 0.3) is 6.08 Å². The van der Waals surface area contributed by atoms with E-state index in [9.17, 15) is 13.5 Å². The lowest BCUT2D eigenvalue weighted by atomic mass is 10.1. The number of aliphatic hydroxyl groups is 1. The maximum Gasteiger partial charge on any atom is 0.233 e. The van der Waals surface area contributed by atoms with Crippen LogP contribution in [0.5, 0.6) is 0 Å². The molecule has 1 aromatic carbocycles. The molecule has 6 heteroatoms. The topological polar surface area (TPSA) is 79.5 Å². The summed E-state index contributed by atoms with van der Waals surface area (Å²) in [5.74, 6) is 0. The van der Waals surface area contributed by atoms with Gasteiger partial charge in [0.2, 0.25) is 10.0 Å². The number of furan rings is 1. The van der Waals surface area contributed by atoms with Crippen molar-refractivity contribution in [3.63, 3.8) is 0 Å². The number of benzene rings is 1. The van der Waals surface area contributed by atoms with Crippen LogP contribution in [0, 0.1) is 0 Å². The molecule has 0 fully saturated rings. The third-order valence-corrected chi connectivity index (χ3v) is 3.99. The number of sulfonamides is 1. The highest BCUT2D eigenvalue weighted by Gasteiger charge is 2.10. The normalized spacial score (nSPS) is 13.6. The van der Waals surface area contributed by atoms with Crippen LogP contribution in [0.2, 0.25) is 0 Å². The number of rotatable bonds is 7. The molecular weight excluding hydrogens is 290 g/mol. The Morgan fingerprint density at radius 2 is 2.00 bits per heavy atom. The van der Waals surface area contributed by atoms with Crippen molar-refractivity contribution in [1.29, 1.82) is 0 Å². The predicted molar refractivity (Wildman–Crippen MR) is 80.7 cm³/mol. The van der Waals surface area contributed by atoms with Crippen LogP contribution in [-0.4, -0.2) is 20.1 Å². The quantitative estimate of drug-likeness (QED) is 0.822. The molecule has 0 bridgehead atoms. The summed E-state index contributed by atoms with van der Waals surface area (Å²) in [5, 5.41) is 10.9. The van der Waals surface area contributed by atoms with Crippen molar-refractivity contribution in [3.8, 4) is 0 Å². The van der Waals surface area contributed by atoms with Gasteiger partial charge in [0.25, 0.3) is 0 Å². The van der Waals surface area contributed by atoms with Gasteiger partial charge in [-0.15, -0.1) is 0 Å². The van der Waals surface area contributed by atoms with Crippen molar-refractivity contribution in [2.45, 2.75) is 12.5 Å². The zero-order chi connectivity index (χ0) is 15.1. The molecule has 0 spiro atoms. The average Bonchev–Trinajstić information content (AvgIpc) is 3.00. The van der Waals surface area contributed by atoms with Crippen molar-refractivity contribution in [2.75, 3.05) is 6.54 Å². The molecule has 0 aliphatic carbocycles. The lowest BCUT2D eigenvalue weighted by Gasteiger charge is -2.08. The van der Waals surface area contributed by atoms with Gasteiger partial charge in [-0.25, -0.2) is 13.1 Å². The molecule has 2 N–H and O–H groups in total. The highest BCUT2D eigenvalue weighted by Crippen LogP contribution is 2.16. The van der Waals surface area contributed by atoms with Crippen LogP contribution in [0.3, 0.4) is 0 Å². The van der Waals surface area contributed by atoms with E-state index in [0.717, 1.165) is 11.0 Å². The third-order valence-electron chi connectivity index (χ3n) is 2.89. The minimum absolute atomic E-state index is 0.147. The minimum atomic E-state index is -3.51. The van der Waals surface area contributed by atoms with E-state index in [1.54, 1.807) is 6.07 Å². The number of aliphatic hydroxyl groups excluding tert-OH is 1. The maximum atomic E-state index is 11.8. The molecule has 5 nitrogen and oxygen atoms in total. The summed E-state index contributed by atoms with van der Waals surface area (Å²) in [7, 11) is -3.51. The third kappa shape index (κ3) is 5.18. The molecule has 0 aliphatic heterocycles. The second-order valence-corrected chi connectivity index (χ2v) is 6.16. The van der Waals surface area contributed by atoms with E-state index >= 15 is 0 Å². The summed E-state index contributed by atoms with van der Waals surface area (Å²) >= 11 is 0. The highest BCUT2D eigenvalue weighted by atomic mass is 32.2. The minimum Gasteiger partial charge on any atom is -0.472 e.